The fourth-order valence-corrected chi connectivity index (χ4v) is 1.73. The van der Waals surface area contributed by atoms with Crippen molar-refractivity contribution in [3.8, 4) is 0 Å². The Bertz CT molecular complexity index is 369. The third kappa shape index (κ3) is 3.09. The maximum absolute atomic E-state index is 3.76. The van der Waals surface area contributed by atoms with Crippen LogP contribution < -0.4 is 0 Å². The molecule has 0 aliphatic heterocycles. The molecule has 1 aromatic carbocycles. The molecule has 0 amide bonds. The molecule has 0 aromatic heterocycles. The van der Waals surface area contributed by atoms with Crippen molar-refractivity contribution < 1.29 is 0 Å². The minimum absolute atomic E-state index is 1.06. The van der Waals surface area contributed by atoms with Gasteiger partial charge in [0.1, 0.15) is 0 Å². The average Bonchev–Trinajstić information content (AvgIpc) is 2.25. The summed E-state index contributed by atoms with van der Waals surface area (Å²) in [6, 6.07) is 8.56. The fraction of sp³-hybridized carbons (Fsp3) is 0.333. The largest absolute Gasteiger partial charge is 0.103 e. The quantitative estimate of drug-likeness (QED) is 0.615. The van der Waals surface area contributed by atoms with E-state index in [4.69, 9.17) is 0 Å². The van der Waals surface area contributed by atoms with Crippen LogP contribution >= 0.6 is 0 Å². The van der Waals surface area contributed by atoms with Crippen molar-refractivity contribution in [3.05, 3.63) is 53.6 Å². The lowest BCUT2D eigenvalue weighted by molar-refractivity contribution is 0.980. The van der Waals surface area contributed by atoms with Gasteiger partial charge in [0.25, 0.3) is 0 Å². The van der Waals surface area contributed by atoms with E-state index in [-0.39, 0.29) is 0 Å². The standard InChI is InChI=1S/C15H20/c1-5-6-9-12(2)14(4)15-11-8-7-10-13(15)3/h5,7-8,10-11H,1,6,9H2,2-4H3/b14-12+. The highest BCUT2D eigenvalue weighted by atomic mass is 14.1. The number of hydrogen-bond donors (Lipinski definition) is 0. The first-order valence-corrected chi connectivity index (χ1v) is 5.50. The molecule has 80 valence electrons. The topological polar surface area (TPSA) is 0 Å². The highest BCUT2D eigenvalue weighted by Crippen LogP contribution is 2.23. The summed E-state index contributed by atoms with van der Waals surface area (Å²) >= 11 is 0. The van der Waals surface area contributed by atoms with Crippen molar-refractivity contribution in [2.45, 2.75) is 33.6 Å². The minimum Gasteiger partial charge on any atom is -0.103 e. The van der Waals surface area contributed by atoms with Gasteiger partial charge in [-0.05, 0) is 50.3 Å². The van der Waals surface area contributed by atoms with E-state index in [0.29, 0.717) is 0 Å². The first-order chi connectivity index (χ1) is 7.16. The van der Waals surface area contributed by atoms with Gasteiger partial charge in [-0.15, -0.1) is 6.58 Å². The normalized spacial score (nSPS) is 12.2. The van der Waals surface area contributed by atoms with Crippen LogP contribution in [0.15, 0.2) is 42.5 Å². The predicted octanol–water partition coefficient (Wildman–Crippen LogP) is 4.75. The number of benzene rings is 1. The third-order valence-electron chi connectivity index (χ3n) is 2.91. The van der Waals surface area contributed by atoms with E-state index in [1.165, 1.54) is 22.3 Å². The first-order valence-electron chi connectivity index (χ1n) is 5.50. The molecule has 0 fully saturated rings. The number of rotatable bonds is 4. The highest BCUT2D eigenvalue weighted by Gasteiger charge is 2.02. The van der Waals surface area contributed by atoms with E-state index in [1.54, 1.807) is 0 Å². The van der Waals surface area contributed by atoms with Crippen LogP contribution in [0, 0.1) is 6.92 Å². The molecule has 1 aromatic rings. The molecule has 0 aliphatic carbocycles. The van der Waals surface area contributed by atoms with Crippen molar-refractivity contribution in [1.82, 2.24) is 0 Å². The fourth-order valence-electron chi connectivity index (χ4n) is 1.73. The van der Waals surface area contributed by atoms with Gasteiger partial charge in [0.15, 0.2) is 0 Å². The van der Waals surface area contributed by atoms with E-state index in [1.807, 2.05) is 6.08 Å². The molecule has 0 N–H and O–H groups in total. The van der Waals surface area contributed by atoms with Crippen LogP contribution in [0.1, 0.15) is 37.8 Å². The Labute approximate surface area is 93.3 Å². The number of allylic oxidation sites excluding steroid dienone is 3. The molecule has 0 saturated carbocycles. The van der Waals surface area contributed by atoms with Gasteiger partial charge in [0.2, 0.25) is 0 Å². The van der Waals surface area contributed by atoms with Crippen LogP contribution in [0.25, 0.3) is 5.57 Å². The Balaban J connectivity index is 2.96. The molecule has 0 heteroatoms. The van der Waals surface area contributed by atoms with E-state index in [2.05, 4.69) is 51.6 Å². The summed E-state index contributed by atoms with van der Waals surface area (Å²) in [6.45, 7) is 10.3. The Morgan fingerprint density at radius 1 is 1.27 bits per heavy atom. The molecular formula is C15H20. The molecule has 15 heavy (non-hydrogen) atoms. The molecule has 0 saturated heterocycles. The summed E-state index contributed by atoms with van der Waals surface area (Å²) in [5.41, 5.74) is 5.60. The van der Waals surface area contributed by atoms with Gasteiger partial charge < -0.3 is 0 Å². The van der Waals surface area contributed by atoms with Crippen LogP contribution in [-0.4, -0.2) is 0 Å². The minimum atomic E-state index is 1.06. The molecule has 0 bridgehead atoms. The smallest absolute Gasteiger partial charge is 0.0199 e. The lowest BCUT2D eigenvalue weighted by Crippen LogP contribution is -1.89. The lowest BCUT2D eigenvalue weighted by atomic mass is 9.96. The molecule has 0 nitrogen and oxygen atoms in total. The summed E-state index contributed by atoms with van der Waals surface area (Å²) in [5, 5.41) is 0. The van der Waals surface area contributed by atoms with Gasteiger partial charge >= 0.3 is 0 Å². The zero-order chi connectivity index (χ0) is 11.3. The second-order valence-corrected chi connectivity index (χ2v) is 4.05. The van der Waals surface area contributed by atoms with E-state index >= 15 is 0 Å². The highest BCUT2D eigenvalue weighted by molar-refractivity contribution is 5.68. The predicted molar refractivity (Wildman–Crippen MR) is 68.9 cm³/mol. The summed E-state index contributed by atoms with van der Waals surface area (Å²) in [6.07, 6.45) is 4.16. The summed E-state index contributed by atoms with van der Waals surface area (Å²) in [7, 11) is 0. The number of aryl methyl sites for hydroxylation is 1. The van der Waals surface area contributed by atoms with Crippen LogP contribution in [0.5, 0.6) is 0 Å². The molecule has 0 unspecified atom stereocenters. The van der Waals surface area contributed by atoms with Crippen LogP contribution in [-0.2, 0) is 0 Å². The van der Waals surface area contributed by atoms with Gasteiger partial charge in [-0.2, -0.15) is 0 Å². The van der Waals surface area contributed by atoms with Crippen LogP contribution in [0.4, 0.5) is 0 Å². The second kappa shape index (κ2) is 5.55. The summed E-state index contributed by atoms with van der Waals surface area (Å²) in [5.74, 6) is 0. The van der Waals surface area contributed by atoms with Gasteiger partial charge in [-0.25, -0.2) is 0 Å². The Morgan fingerprint density at radius 3 is 2.53 bits per heavy atom. The molecule has 1 rings (SSSR count). The molecule has 0 aliphatic rings. The Morgan fingerprint density at radius 2 is 1.93 bits per heavy atom. The van der Waals surface area contributed by atoms with Gasteiger partial charge in [0, 0.05) is 0 Å². The molecule has 0 atom stereocenters. The van der Waals surface area contributed by atoms with Crippen molar-refractivity contribution >= 4 is 5.57 Å². The zero-order valence-electron chi connectivity index (χ0n) is 10.0. The maximum atomic E-state index is 3.76. The second-order valence-electron chi connectivity index (χ2n) is 4.05. The Hall–Kier alpha value is -1.30. The van der Waals surface area contributed by atoms with E-state index in [0.717, 1.165) is 12.8 Å². The SMILES string of the molecule is C=CCC/C(C)=C(\C)c1ccccc1C. The van der Waals surface area contributed by atoms with Gasteiger partial charge in [0.05, 0.1) is 0 Å². The maximum Gasteiger partial charge on any atom is -0.0199 e. The number of hydrogen-bond acceptors (Lipinski definition) is 0. The average molecular weight is 200 g/mol. The van der Waals surface area contributed by atoms with Crippen molar-refractivity contribution in [3.63, 3.8) is 0 Å². The molecule has 0 heterocycles. The van der Waals surface area contributed by atoms with Crippen molar-refractivity contribution in [2.75, 3.05) is 0 Å². The summed E-state index contributed by atoms with van der Waals surface area (Å²) < 4.78 is 0. The van der Waals surface area contributed by atoms with Crippen molar-refractivity contribution in [2.24, 2.45) is 0 Å². The van der Waals surface area contributed by atoms with Gasteiger partial charge in [-0.3, -0.25) is 0 Å². The molecule has 0 radical (unpaired) electrons. The zero-order valence-corrected chi connectivity index (χ0v) is 10.0. The molecular weight excluding hydrogens is 180 g/mol. The summed E-state index contributed by atoms with van der Waals surface area (Å²) in [4.78, 5) is 0. The van der Waals surface area contributed by atoms with Crippen LogP contribution in [0.3, 0.4) is 0 Å². The Kier molecular flexibility index (Phi) is 4.36. The lowest BCUT2D eigenvalue weighted by Gasteiger charge is -2.10. The van der Waals surface area contributed by atoms with Gasteiger partial charge in [-0.1, -0.05) is 35.9 Å². The first kappa shape index (κ1) is 11.8. The monoisotopic (exact) mass is 200 g/mol. The molecule has 0 spiro atoms. The van der Waals surface area contributed by atoms with Crippen molar-refractivity contribution in [1.29, 1.82) is 0 Å². The third-order valence-corrected chi connectivity index (χ3v) is 2.91. The van der Waals surface area contributed by atoms with E-state index in [9.17, 15) is 0 Å². The van der Waals surface area contributed by atoms with Crippen LogP contribution in [0.2, 0.25) is 0 Å². The van der Waals surface area contributed by atoms with E-state index < -0.39 is 0 Å².